The van der Waals surface area contributed by atoms with Crippen LogP contribution in [0.2, 0.25) is 0 Å². The maximum absolute atomic E-state index is 4.26. The molecular weight excluding hydrogens is 186 g/mol. The van der Waals surface area contributed by atoms with Crippen LogP contribution in [-0.4, -0.2) is 15.0 Å². The lowest BCUT2D eigenvalue weighted by atomic mass is 9.96. The van der Waals surface area contributed by atoms with E-state index in [4.69, 9.17) is 0 Å². The Kier molecular flexibility index (Phi) is 3.75. The third-order valence-electron chi connectivity index (χ3n) is 3.29. The highest BCUT2D eigenvalue weighted by Crippen LogP contribution is 2.27. The molecule has 1 aliphatic rings. The third-order valence-corrected chi connectivity index (χ3v) is 3.29. The van der Waals surface area contributed by atoms with Crippen molar-refractivity contribution in [3.8, 4) is 0 Å². The molecule has 84 valence electrons. The molecule has 0 spiro atoms. The van der Waals surface area contributed by atoms with Crippen molar-refractivity contribution in [3.05, 3.63) is 11.9 Å². The summed E-state index contributed by atoms with van der Waals surface area (Å²) in [5.41, 5.74) is 1.17. The van der Waals surface area contributed by atoms with Crippen molar-refractivity contribution in [2.24, 2.45) is 0 Å². The molecule has 1 aliphatic carbocycles. The Bertz CT molecular complexity index is 287. The van der Waals surface area contributed by atoms with E-state index in [1.165, 1.54) is 50.6 Å². The highest BCUT2D eigenvalue weighted by Gasteiger charge is 2.16. The van der Waals surface area contributed by atoms with Gasteiger partial charge in [-0.25, -0.2) is 4.68 Å². The zero-order valence-electron chi connectivity index (χ0n) is 9.65. The Balaban J connectivity index is 1.93. The first-order valence-corrected chi connectivity index (χ1v) is 6.31. The van der Waals surface area contributed by atoms with Crippen LogP contribution in [0.5, 0.6) is 0 Å². The van der Waals surface area contributed by atoms with E-state index in [0.29, 0.717) is 6.04 Å². The maximum Gasteiger partial charge on any atom is 0.0827 e. The van der Waals surface area contributed by atoms with E-state index in [9.17, 15) is 0 Å². The first-order valence-electron chi connectivity index (χ1n) is 6.31. The highest BCUT2D eigenvalue weighted by molar-refractivity contribution is 4.93. The molecule has 0 N–H and O–H groups in total. The highest BCUT2D eigenvalue weighted by atomic mass is 15.4. The smallest absolute Gasteiger partial charge is 0.0827 e. The van der Waals surface area contributed by atoms with Gasteiger partial charge in [0.1, 0.15) is 0 Å². The molecule has 1 saturated carbocycles. The fourth-order valence-corrected chi connectivity index (χ4v) is 2.31. The van der Waals surface area contributed by atoms with Crippen LogP contribution in [0, 0.1) is 0 Å². The predicted octanol–water partition coefficient (Wildman–Crippen LogP) is 3.13. The summed E-state index contributed by atoms with van der Waals surface area (Å²) in [5.74, 6) is 0. The molecule has 1 aromatic rings. The van der Waals surface area contributed by atoms with Gasteiger partial charge < -0.3 is 0 Å². The molecular formula is C12H21N3. The largest absolute Gasteiger partial charge is 0.249 e. The summed E-state index contributed by atoms with van der Waals surface area (Å²) < 4.78 is 2.10. The molecule has 1 aromatic heterocycles. The van der Waals surface area contributed by atoms with E-state index in [1.54, 1.807) is 0 Å². The Hall–Kier alpha value is -0.860. The Morgan fingerprint density at radius 2 is 2.13 bits per heavy atom. The second kappa shape index (κ2) is 5.29. The van der Waals surface area contributed by atoms with Gasteiger partial charge in [0.25, 0.3) is 0 Å². The lowest BCUT2D eigenvalue weighted by molar-refractivity contribution is 0.324. The zero-order chi connectivity index (χ0) is 10.5. The lowest BCUT2D eigenvalue weighted by Gasteiger charge is -2.20. The Morgan fingerprint density at radius 1 is 1.33 bits per heavy atom. The molecule has 0 radical (unpaired) electrons. The van der Waals surface area contributed by atoms with Gasteiger partial charge in [0, 0.05) is 6.20 Å². The van der Waals surface area contributed by atoms with E-state index in [2.05, 4.69) is 28.1 Å². The lowest BCUT2D eigenvalue weighted by Crippen LogP contribution is -2.13. The molecule has 0 saturated heterocycles. The molecule has 0 atom stereocenters. The second-order valence-electron chi connectivity index (χ2n) is 4.59. The molecule has 3 nitrogen and oxygen atoms in total. The van der Waals surface area contributed by atoms with E-state index < -0.39 is 0 Å². The van der Waals surface area contributed by atoms with Crippen molar-refractivity contribution in [1.29, 1.82) is 0 Å². The van der Waals surface area contributed by atoms with Crippen molar-refractivity contribution < 1.29 is 0 Å². The van der Waals surface area contributed by atoms with Gasteiger partial charge in [0.15, 0.2) is 0 Å². The molecule has 1 fully saturated rings. The maximum atomic E-state index is 4.26. The minimum absolute atomic E-state index is 0.627. The summed E-state index contributed by atoms with van der Waals surface area (Å²) in [4.78, 5) is 0. The van der Waals surface area contributed by atoms with Crippen molar-refractivity contribution in [1.82, 2.24) is 15.0 Å². The van der Waals surface area contributed by atoms with E-state index in [0.717, 1.165) is 6.42 Å². The summed E-state index contributed by atoms with van der Waals surface area (Å²) in [5, 5.41) is 8.50. The predicted molar refractivity (Wildman–Crippen MR) is 60.8 cm³/mol. The fourth-order valence-electron chi connectivity index (χ4n) is 2.31. The number of hydrogen-bond acceptors (Lipinski definition) is 2. The topological polar surface area (TPSA) is 30.7 Å². The van der Waals surface area contributed by atoms with Crippen LogP contribution in [0.15, 0.2) is 6.20 Å². The van der Waals surface area contributed by atoms with E-state index in [-0.39, 0.29) is 0 Å². The van der Waals surface area contributed by atoms with Crippen LogP contribution in [0.4, 0.5) is 0 Å². The summed E-state index contributed by atoms with van der Waals surface area (Å²) in [6.45, 7) is 2.21. The standard InChI is InChI=1S/C12H21N3/c1-2-3-7-11-10-15(14-13-11)12-8-5-4-6-9-12/h10,12H,2-9H2,1H3. The van der Waals surface area contributed by atoms with Gasteiger partial charge in [-0.3, -0.25) is 0 Å². The molecule has 15 heavy (non-hydrogen) atoms. The number of aryl methyl sites for hydroxylation is 1. The number of rotatable bonds is 4. The molecule has 0 aromatic carbocycles. The van der Waals surface area contributed by atoms with Crippen LogP contribution in [0.3, 0.4) is 0 Å². The van der Waals surface area contributed by atoms with Gasteiger partial charge in [0.2, 0.25) is 0 Å². The average molecular weight is 207 g/mol. The van der Waals surface area contributed by atoms with Gasteiger partial charge in [-0.1, -0.05) is 37.8 Å². The van der Waals surface area contributed by atoms with Gasteiger partial charge in [-0.15, -0.1) is 5.10 Å². The Morgan fingerprint density at radius 3 is 2.87 bits per heavy atom. The van der Waals surface area contributed by atoms with Crippen molar-refractivity contribution >= 4 is 0 Å². The quantitative estimate of drug-likeness (QED) is 0.759. The number of hydrogen-bond donors (Lipinski definition) is 0. The van der Waals surface area contributed by atoms with Crippen molar-refractivity contribution in [2.75, 3.05) is 0 Å². The van der Waals surface area contributed by atoms with Crippen molar-refractivity contribution in [3.63, 3.8) is 0 Å². The minimum atomic E-state index is 0.627. The number of aromatic nitrogens is 3. The SMILES string of the molecule is CCCCc1cn(C2CCCCC2)nn1. The number of nitrogens with zero attached hydrogens (tertiary/aromatic N) is 3. The third kappa shape index (κ3) is 2.80. The van der Waals surface area contributed by atoms with E-state index >= 15 is 0 Å². The molecule has 0 bridgehead atoms. The summed E-state index contributed by atoms with van der Waals surface area (Å²) in [7, 11) is 0. The van der Waals surface area contributed by atoms with E-state index in [1.807, 2.05) is 0 Å². The molecule has 2 rings (SSSR count). The van der Waals surface area contributed by atoms with Crippen LogP contribution in [-0.2, 0) is 6.42 Å². The van der Waals surface area contributed by atoms with Crippen LogP contribution in [0.25, 0.3) is 0 Å². The van der Waals surface area contributed by atoms with Gasteiger partial charge in [0.05, 0.1) is 11.7 Å². The van der Waals surface area contributed by atoms with Crippen molar-refractivity contribution in [2.45, 2.75) is 64.3 Å². The molecule has 0 unspecified atom stereocenters. The van der Waals surface area contributed by atoms with Crippen LogP contribution < -0.4 is 0 Å². The normalized spacial score (nSPS) is 18.2. The average Bonchev–Trinajstić information content (AvgIpc) is 2.76. The first kappa shape index (κ1) is 10.7. The number of unbranched alkanes of at least 4 members (excludes halogenated alkanes) is 1. The first-order chi connectivity index (χ1) is 7.40. The summed E-state index contributed by atoms with van der Waals surface area (Å²) in [6.07, 6.45) is 12.4. The zero-order valence-corrected chi connectivity index (χ0v) is 9.65. The molecule has 0 aliphatic heterocycles. The minimum Gasteiger partial charge on any atom is -0.249 e. The second-order valence-corrected chi connectivity index (χ2v) is 4.59. The molecule has 1 heterocycles. The van der Waals surface area contributed by atoms with Gasteiger partial charge in [-0.2, -0.15) is 0 Å². The molecule has 0 amide bonds. The van der Waals surface area contributed by atoms with Gasteiger partial charge >= 0.3 is 0 Å². The van der Waals surface area contributed by atoms with Crippen LogP contribution >= 0.6 is 0 Å². The Labute approximate surface area is 91.9 Å². The fraction of sp³-hybridized carbons (Fsp3) is 0.833. The summed E-state index contributed by atoms with van der Waals surface area (Å²) >= 11 is 0. The molecule has 3 heteroatoms. The van der Waals surface area contributed by atoms with Gasteiger partial charge in [-0.05, 0) is 25.7 Å². The van der Waals surface area contributed by atoms with Crippen LogP contribution in [0.1, 0.15) is 63.6 Å². The summed E-state index contributed by atoms with van der Waals surface area (Å²) in [6, 6.07) is 0.627. The monoisotopic (exact) mass is 207 g/mol.